The maximum atomic E-state index is 4.42. The van der Waals surface area contributed by atoms with Crippen molar-refractivity contribution in [3.05, 3.63) is 29.1 Å². The van der Waals surface area contributed by atoms with Crippen molar-refractivity contribution < 1.29 is 0 Å². The van der Waals surface area contributed by atoms with Gasteiger partial charge in [0.05, 0.1) is 5.69 Å². The zero-order valence-electron chi connectivity index (χ0n) is 7.59. The van der Waals surface area contributed by atoms with Gasteiger partial charge < -0.3 is 5.32 Å². The van der Waals surface area contributed by atoms with Crippen LogP contribution in [0.3, 0.4) is 0 Å². The molecule has 0 fully saturated rings. The van der Waals surface area contributed by atoms with E-state index < -0.39 is 0 Å². The largest absolute Gasteiger partial charge is 0.307 e. The highest BCUT2D eigenvalue weighted by Gasteiger charge is 2.12. The fraction of sp³-hybridized carbons (Fsp3) is 0.500. The highest BCUT2D eigenvalue weighted by molar-refractivity contribution is 5.29. The zero-order chi connectivity index (χ0) is 8.55. The number of rotatable bonds is 1. The van der Waals surface area contributed by atoms with E-state index in [1.165, 1.54) is 16.8 Å². The summed E-state index contributed by atoms with van der Waals surface area (Å²) >= 11 is 0. The highest BCUT2D eigenvalue weighted by atomic mass is 14.9. The Morgan fingerprint density at radius 3 is 3.00 bits per heavy atom. The van der Waals surface area contributed by atoms with Crippen LogP contribution in [0.1, 0.15) is 36.6 Å². The van der Waals surface area contributed by atoms with Crippen molar-refractivity contribution in [2.24, 2.45) is 0 Å². The van der Waals surface area contributed by atoms with Crippen molar-refractivity contribution in [1.29, 1.82) is 0 Å². The Morgan fingerprint density at radius 1 is 1.42 bits per heavy atom. The summed E-state index contributed by atoms with van der Waals surface area (Å²) in [6, 6.07) is 2.27. The summed E-state index contributed by atoms with van der Waals surface area (Å²) in [6.45, 7) is 6.33. The Hall–Kier alpha value is -0.890. The predicted octanol–water partition coefficient (Wildman–Crippen LogP) is 1.81. The smallest absolute Gasteiger partial charge is 0.0586 e. The summed E-state index contributed by atoms with van der Waals surface area (Å²) in [4.78, 5) is 4.42. The molecule has 1 aliphatic rings. The number of aromatic nitrogens is 1. The Bertz CT molecular complexity index is 292. The van der Waals surface area contributed by atoms with Gasteiger partial charge in [0.1, 0.15) is 0 Å². The lowest BCUT2D eigenvalue weighted by Crippen LogP contribution is -2.00. The van der Waals surface area contributed by atoms with Crippen LogP contribution < -0.4 is 5.32 Å². The third-order valence-corrected chi connectivity index (χ3v) is 2.36. The fourth-order valence-electron chi connectivity index (χ4n) is 1.50. The quantitative estimate of drug-likeness (QED) is 0.681. The van der Waals surface area contributed by atoms with Gasteiger partial charge in [-0.1, -0.05) is 19.9 Å². The van der Waals surface area contributed by atoms with Gasteiger partial charge in [-0.25, -0.2) is 0 Å². The van der Waals surface area contributed by atoms with Gasteiger partial charge >= 0.3 is 0 Å². The van der Waals surface area contributed by atoms with Crippen molar-refractivity contribution in [3.8, 4) is 0 Å². The Kier molecular flexibility index (Phi) is 1.85. The van der Waals surface area contributed by atoms with E-state index in [2.05, 4.69) is 30.2 Å². The minimum absolute atomic E-state index is 0.586. The molecule has 0 saturated heterocycles. The molecular formula is C10H14N2. The summed E-state index contributed by atoms with van der Waals surface area (Å²) < 4.78 is 0. The molecule has 1 aromatic heterocycles. The Morgan fingerprint density at radius 2 is 2.25 bits per heavy atom. The predicted molar refractivity (Wildman–Crippen MR) is 48.9 cm³/mol. The Balaban J connectivity index is 2.39. The molecule has 0 saturated carbocycles. The molecule has 1 aliphatic heterocycles. The van der Waals surface area contributed by atoms with Gasteiger partial charge in [-0.3, -0.25) is 4.98 Å². The summed E-state index contributed by atoms with van der Waals surface area (Å²) in [5, 5.41) is 3.29. The van der Waals surface area contributed by atoms with Crippen LogP contribution in [-0.2, 0) is 13.1 Å². The molecule has 1 aromatic rings. The van der Waals surface area contributed by atoms with E-state index in [9.17, 15) is 0 Å². The fourth-order valence-corrected chi connectivity index (χ4v) is 1.50. The highest BCUT2D eigenvalue weighted by Crippen LogP contribution is 2.19. The summed E-state index contributed by atoms with van der Waals surface area (Å²) in [7, 11) is 0. The molecular weight excluding hydrogens is 148 g/mol. The lowest BCUT2D eigenvalue weighted by Gasteiger charge is -2.05. The van der Waals surface area contributed by atoms with Gasteiger partial charge in [0, 0.05) is 19.3 Å². The molecule has 0 bridgehead atoms. The molecule has 12 heavy (non-hydrogen) atoms. The van der Waals surface area contributed by atoms with E-state index in [4.69, 9.17) is 0 Å². The monoisotopic (exact) mass is 162 g/mol. The van der Waals surface area contributed by atoms with Crippen molar-refractivity contribution in [2.45, 2.75) is 32.9 Å². The first-order chi connectivity index (χ1) is 5.77. The van der Waals surface area contributed by atoms with Gasteiger partial charge in [0.15, 0.2) is 0 Å². The van der Waals surface area contributed by atoms with Crippen molar-refractivity contribution >= 4 is 0 Å². The minimum Gasteiger partial charge on any atom is -0.307 e. The van der Waals surface area contributed by atoms with Crippen molar-refractivity contribution in [1.82, 2.24) is 10.3 Å². The molecule has 2 heteroatoms. The van der Waals surface area contributed by atoms with E-state index in [0.29, 0.717) is 5.92 Å². The van der Waals surface area contributed by atoms with E-state index in [1.54, 1.807) is 0 Å². The van der Waals surface area contributed by atoms with Crippen LogP contribution in [0, 0.1) is 0 Å². The number of fused-ring (bicyclic) bond motifs is 1. The maximum Gasteiger partial charge on any atom is 0.0586 e. The van der Waals surface area contributed by atoms with Crippen molar-refractivity contribution in [3.63, 3.8) is 0 Å². The molecule has 0 aromatic carbocycles. The van der Waals surface area contributed by atoms with Gasteiger partial charge in [-0.05, 0) is 17.0 Å². The van der Waals surface area contributed by atoms with Crippen LogP contribution in [0.25, 0.3) is 0 Å². The molecule has 0 aliphatic carbocycles. The van der Waals surface area contributed by atoms with Crippen LogP contribution >= 0.6 is 0 Å². The molecule has 0 spiro atoms. The lowest BCUT2D eigenvalue weighted by molar-refractivity contribution is 0.757. The first-order valence-electron chi connectivity index (χ1n) is 4.46. The number of nitrogens with one attached hydrogen (secondary N) is 1. The third kappa shape index (κ3) is 1.23. The summed E-state index contributed by atoms with van der Waals surface area (Å²) in [6.07, 6.45) is 2.00. The molecule has 0 amide bonds. The molecule has 0 unspecified atom stereocenters. The van der Waals surface area contributed by atoms with Crippen LogP contribution in [0.2, 0.25) is 0 Å². The number of hydrogen-bond donors (Lipinski definition) is 1. The average molecular weight is 162 g/mol. The second kappa shape index (κ2) is 2.87. The molecule has 2 rings (SSSR count). The lowest BCUT2D eigenvalue weighted by atomic mass is 10.0. The van der Waals surface area contributed by atoms with Crippen LogP contribution in [0.5, 0.6) is 0 Å². The molecule has 2 heterocycles. The van der Waals surface area contributed by atoms with Crippen molar-refractivity contribution in [2.75, 3.05) is 0 Å². The topological polar surface area (TPSA) is 24.9 Å². The van der Waals surface area contributed by atoms with Gasteiger partial charge in [-0.15, -0.1) is 0 Å². The van der Waals surface area contributed by atoms with E-state index >= 15 is 0 Å². The maximum absolute atomic E-state index is 4.42. The minimum atomic E-state index is 0.586. The SMILES string of the molecule is CC(C)c1cnc2c(c1)CNC2. The molecule has 2 nitrogen and oxygen atoms in total. The molecule has 0 atom stereocenters. The summed E-state index contributed by atoms with van der Waals surface area (Å²) in [5.41, 5.74) is 3.94. The van der Waals surface area contributed by atoms with Gasteiger partial charge in [0.25, 0.3) is 0 Å². The normalized spacial score (nSPS) is 15.2. The van der Waals surface area contributed by atoms with E-state index in [0.717, 1.165) is 13.1 Å². The number of nitrogens with zero attached hydrogens (tertiary/aromatic N) is 1. The number of pyridine rings is 1. The third-order valence-electron chi connectivity index (χ3n) is 2.36. The molecule has 0 radical (unpaired) electrons. The van der Waals surface area contributed by atoms with E-state index in [-0.39, 0.29) is 0 Å². The second-order valence-corrected chi connectivity index (χ2v) is 3.63. The second-order valence-electron chi connectivity index (χ2n) is 3.63. The Labute approximate surface area is 73.0 Å². The van der Waals surface area contributed by atoms with Crippen LogP contribution in [0.15, 0.2) is 12.3 Å². The van der Waals surface area contributed by atoms with Gasteiger partial charge in [-0.2, -0.15) is 0 Å². The number of hydrogen-bond acceptors (Lipinski definition) is 2. The molecule has 64 valence electrons. The van der Waals surface area contributed by atoms with Crippen LogP contribution in [-0.4, -0.2) is 4.98 Å². The summed E-state index contributed by atoms with van der Waals surface area (Å²) in [5.74, 6) is 0.586. The standard InChI is InChI=1S/C10H14N2/c1-7(2)8-3-9-4-11-6-10(9)12-5-8/h3,5,7,11H,4,6H2,1-2H3. The van der Waals surface area contributed by atoms with Crippen LogP contribution in [0.4, 0.5) is 0 Å². The molecule has 1 N–H and O–H groups in total. The zero-order valence-corrected chi connectivity index (χ0v) is 7.59. The first kappa shape index (κ1) is 7.74. The average Bonchev–Trinajstić information content (AvgIpc) is 2.49. The van der Waals surface area contributed by atoms with E-state index in [1.807, 2.05) is 6.20 Å². The first-order valence-corrected chi connectivity index (χ1v) is 4.46. The van der Waals surface area contributed by atoms with Gasteiger partial charge in [0.2, 0.25) is 0 Å².